The Labute approximate surface area is 161 Å². The number of carbonyl (C=O) groups is 3. The second-order valence-corrected chi connectivity index (χ2v) is 6.01. The summed E-state index contributed by atoms with van der Waals surface area (Å²) in [6, 6.07) is 14.6. The Balaban J connectivity index is 1.94. The zero-order valence-corrected chi connectivity index (χ0v) is 15.6. The number of esters is 2. The highest BCUT2D eigenvalue weighted by Crippen LogP contribution is 2.25. The number of methoxy groups -OCH3 is 1. The number of hydrogen-bond donors (Lipinski definition) is 1. The first-order chi connectivity index (χ1) is 13.5. The summed E-state index contributed by atoms with van der Waals surface area (Å²) in [5, 5.41) is 3.37. The molecular weight excluding hydrogens is 360 g/mol. The molecular formula is C21H20N2O5. The summed E-state index contributed by atoms with van der Waals surface area (Å²) in [4.78, 5) is 35.7. The lowest BCUT2D eigenvalue weighted by atomic mass is 10.1. The molecule has 0 aliphatic heterocycles. The van der Waals surface area contributed by atoms with Gasteiger partial charge in [-0.3, -0.25) is 4.79 Å². The van der Waals surface area contributed by atoms with Crippen molar-refractivity contribution in [2.45, 2.75) is 13.5 Å². The number of anilines is 1. The normalized spacial score (nSPS) is 10.5. The number of amides is 1. The number of aromatic nitrogens is 1. The van der Waals surface area contributed by atoms with Crippen LogP contribution in [0.4, 0.5) is 5.69 Å². The third-order valence-corrected chi connectivity index (χ3v) is 4.26. The van der Waals surface area contributed by atoms with Gasteiger partial charge in [0.15, 0.2) is 0 Å². The molecule has 1 aromatic heterocycles. The number of nitrogens with one attached hydrogen (secondary N) is 1. The fourth-order valence-corrected chi connectivity index (χ4v) is 2.98. The predicted molar refractivity (Wildman–Crippen MR) is 104 cm³/mol. The van der Waals surface area contributed by atoms with E-state index >= 15 is 0 Å². The minimum absolute atomic E-state index is 0.125. The smallest absolute Gasteiger partial charge is 0.397 e. The minimum Gasteiger partial charge on any atom is -0.465 e. The largest absolute Gasteiger partial charge is 0.465 e. The molecule has 0 saturated carbocycles. The second kappa shape index (κ2) is 8.39. The molecule has 0 bridgehead atoms. The van der Waals surface area contributed by atoms with Gasteiger partial charge in [-0.15, -0.1) is 0 Å². The van der Waals surface area contributed by atoms with Gasteiger partial charge in [-0.2, -0.15) is 0 Å². The van der Waals surface area contributed by atoms with Crippen LogP contribution in [0.15, 0.2) is 54.7 Å². The molecule has 1 heterocycles. The molecule has 3 rings (SSSR count). The van der Waals surface area contributed by atoms with Crippen LogP contribution in [-0.4, -0.2) is 36.1 Å². The van der Waals surface area contributed by atoms with Gasteiger partial charge in [-0.25, -0.2) is 9.59 Å². The first-order valence-electron chi connectivity index (χ1n) is 8.77. The molecule has 0 atom stereocenters. The molecule has 0 aliphatic carbocycles. The van der Waals surface area contributed by atoms with E-state index in [2.05, 4.69) is 5.32 Å². The molecule has 7 heteroatoms. The number of fused-ring (bicyclic) bond motifs is 1. The fraction of sp³-hybridized carbons (Fsp3) is 0.190. The summed E-state index contributed by atoms with van der Waals surface area (Å²) in [5.74, 6) is -2.18. The number of nitrogens with zero attached hydrogens (tertiary/aromatic N) is 1. The van der Waals surface area contributed by atoms with E-state index in [4.69, 9.17) is 9.47 Å². The summed E-state index contributed by atoms with van der Waals surface area (Å²) in [5.41, 5.74) is 2.59. The molecule has 0 aliphatic rings. The van der Waals surface area contributed by atoms with Crippen molar-refractivity contribution in [1.82, 2.24) is 4.57 Å². The first kappa shape index (κ1) is 19.2. The van der Waals surface area contributed by atoms with E-state index in [9.17, 15) is 14.4 Å². The van der Waals surface area contributed by atoms with Crippen LogP contribution < -0.4 is 5.32 Å². The second-order valence-electron chi connectivity index (χ2n) is 6.01. The van der Waals surface area contributed by atoms with Crippen LogP contribution >= 0.6 is 0 Å². The van der Waals surface area contributed by atoms with E-state index in [0.29, 0.717) is 17.8 Å². The molecule has 7 nitrogen and oxygen atoms in total. The number of hydrogen-bond acceptors (Lipinski definition) is 5. The van der Waals surface area contributed by atoms with Crippen molar-refractivity contribution in [1.29, 1.82) is 0 Å². The van der Waals surface area contributed by atoms with E-state index in [-0.39, 0.29) is 6.61 Å². The summed E-state index contributed by atoms with van der Waals surface area (Å²) < 4.78 is 11.5. The molecule has 3 aromatic rings. The minimum atomic E-state index is -0.934. The Bertz CT molecular complexity index is 1040. The third kappa shape index (κ3) is 3.88. The van der Waals surface area contributed by atoms with E-state index < -0.39 is 17.8 Å². The average molecular weight is 380 g/mol. The number of ether oxygens (including phenoxy) is 2. The summed E-state index contributed by atoms with van der Waals surface area (Å²) in [7, 11) is 1.34. The maximum absolute atomic E-state index is 12.1. The topological polar surface area (TPSA) is 86.6 Å². The predicted octanol–water partition coefficient (Wildman–Crippen LogP) is 2.98. The molecule has 2 aromatic carbocycles. The van der Waals surface area contributed by atoms with E-state index in [1.165, 1.54) is 7.11 Å². The zero-order chi connectivity index (χ0) is 20.1. The molecule has 0 radical (unpaired) electrons. The third-order valence-electron chi connectivity index (χ3n) is 4.26. The Morgan fingerprint density at radius 3 is 2.50 bits per heavy atom. The van der Waals surface area contributed by atoms with Gasteiger partial charge in [-0.05, 0) is 24.6 Å². The van der Waals surface area contributed by atoms with E-state index in [1.54, 1.807) is 25.3 Å². The molecule has 1 N–H and O–H groups in total. The van der Waals surface area contributed by atoms with Crippen molar-refractivity contribution >= 4 is 34.4 Å². The summed E-state index contributed by atoms with van der Waals surface area (Å²) in [6.45, 7) is 2.14. The van der Waals surface area contributed by atoms with Crippen molar-refractivity contribution in [2.75, 3.05) is 19.0 Å². The lowest BCUT2D eigenvalue weighted by Gasteiger charge is -2.12. The Kier molecular flexibility index (Phi) is 5.74. The quantitative estimate of drug-likeness (QED) is 0.543. The van der Waals surface area contributed by atoms with Crippen LogP contribution in [0.5, 0.6) is 0 Å². The average Bonchev–Trinajstić information content (AvgIpc) is 3.07. The van der Waals surface area contributed by atoms with Gasteiger partial charge in [0, 0.05) is 29.3 Å². The van der Waals surface area contributed by atoms with Crippen LogP contribution in [0.25, 0.3) is 10.9 Å². The number of carbonyl (C=O) groups excluding carboxylic acids is 3. The number of para-hydroxylation sites is 2. The first-order valence-corrected chi connectivity index (χ1v) is 8.77. The van der Waals surface area contributed by atoms with Crippen LogP contribution in [0.3, 0.4) is 0 Å². The fourth-order valence-electron chi connectivity index (χ4n) is 2.98. The SMILES string of the molecule is CCOC(=O)C(=O)Nc1ccccc1Cn1cc(C(=O)OC)c2ccccc21. The molecule has 0 unspecified atom stereocenters. The van der Waals surface area contributed by atoms with Crippen molar-refractivity contribution in [3.8, 4) is 0 Å². The van der Waals surface area contributed by atoms with Crippen LogP contribution in [0.1, 0.15) is 22.8 Å². The van der Waals surface area contributed by atoms with Gasteiger partial charge in [0.1, 0.15) is 0 Å². The van der Waals surface area contributed by atoms with Crippen molar-refractivity contribution in [3.05, 3.63) is 65.9 Å². The van der Waals surface area contributed by atoms with Crippen LogP contribution in [0, 0.1) is 0 Å². The van der Waals surface area contributed by atoms with Crippen molar-refractivity contribution in [2.24, 2.45) is 0 Å². The zero-order valence-electron chi connectivity index (χ0n) is 15.6. The maximum Gasteiger partial charge on any atom is 0.397 e. The summed E-state index contributed by atoms with van der Waals surface area (Å²) >= 11 is 0. The molecule has 0 spiro atoms. The lowest BCUT2D eigenvalue weighted by Crippen LogP contribution is -2.25. The number of rotatable bonds is 5. The standard InChI is InChI=1S/C21H20N2O5/c1-3-28-21(26)19(24)22-17-10-6-4-8-14(17)12-23-13-16(20(25)27-2)15-9-5-7-11-18(15)23/h4-11,13H,3,12H2,1-2H3,(H,22,24). The highest BCUT2D eigenvalue weighted by Gasteiger charge is 2.18. The monoisotopic (exact) mass is 380 g/mol. The highest BCUT2D eigenvalue weighted by molar-refractivity contribution is 6.37. The van der Waals surface area contributed by atoms with Gasteiger partial charge in [0.05, 0.1) is 19.3 Å². The number of benzene rings is 2. The van der Waals surface area contributed by atoms with Crippen molar-refractivity contribution in [3.63, 3.8) is 0 Å². The Morgan fingerprint density at radius 2 is 1.75 bits per heavy atom. The van der Waals surface area contributed by atoms with Crippen LogP contribution in [-0.2, 0) is 25.6 Å². The van der Waals surface area contributed by atoms with Gasteiger partial charge in [-0.1, -0.05) is 36.4 Å². The highest BCUT2D eigenvalue weighted by atomic mass is 16.5. The van der Waals surface area contributed by atoms with E-state index in [1.807, 2.05) is 41.0 Å². The lowest BCUT2D eigenvalue weighted by molar-refractivity contribution is -0.152. The molecule has 0 saturated heterocycles. The van der Waals surface area contributed by atoms with Crippen LogP contribution in [0.2, 0.25) is 0 Å². The maximum atomic E-state index is 12.1. The van der Waals surface area contributed by atoms with Gasteiger partial charge in [0.25, 0.3) is 0 Å². The molecule has 144 valence electrons. The summed E-state index contributed by atoms with van der Waals surface area (Å²) in [6.07, 6.45) is 1.72. The van der Waals surface area contributed by atoms with Gasteiger partial charge in [0.2, 0.25) is 0 Å². The molecule has 1 amide bonds. The Morgan fingerprint density at radius 1 is 1.04 bits per heavy atom. The van der Waals surface area contributed by atoms with Crippen molar-refractivity contribution < 1.29 is 23.9 Å². The van der Waals surface area contributed by atoms with Gasteiger partial charge < -0.3 is 19.4 Å². The van der Waals surface area contributed by atoms with E-state index in [0.717, 1.165) is 16.5 Å². The molecule has 0 fully saturated rings. The van der Waals surface area contributed by atoms with Gasteiger partial charge >= 0.3 is 17.8 Å². The Hall–Kier alpha value is -3.61. The molecule has 28 heavy (non-hydrogen) atoms.